The van der Waals surface area contributed by atoms with Crippen LogP contribution in [0.2, 0.25) is 0 Å². The molecule has 2 atom stereocenters. The van der Waals surface area contributed by atoms with Crippen molar-refractivity contribution in [3.05, 3.63) is 35.1 Å². The largest absolute Gasteiger partial charge is 0.375 e. The maximum atomic E-state index is 14.1. The Balaban J connectivity index is 1.72. The molecule has 2 heterocycles. The molecule has 3 rings (SSSR count). The summed E-state index contributed by atoms with van der Waals surface area (Å²) >= 11 is 0. The SMILES string of the molecule is Cc1cccc(F)c1C(=O)N1CCC2CN(C(C)C)CCOC2C1. The second kappa shape index (κ2) is 7.19. The van der Waals surface area contributed by atoms with E-state index < -0.39 is 5.82 Å². The molecule has 0 aliphatic carbocycles. The molecule has 2 saturated heterocycles. The van der Waals surface area contributed by atoms with Crippen LogP contribution in [0.25, 0.3) is 0 Å². The number of aryl methyl sites for hydroxylation is 1. The summed E-state index contributed by atoms with van der Waals surface area (Å²) in [6.07, 6.45) is 0.964. The van der Waals surface area contributed by atoms with Gasteiger partial charge in [-0.2, -0.15) is 0 Å². The molecule has 0 aromatic heterocycles. The number of ether oxygens (including phenoxy) is 1. The number of halogens is 1. The van der Waals surface area contributed by atoms with Crippen molar-refractivity contribution in [1.29, 1.82) is 0 Å². The van der Waals surface area contributed by atoms with Gasteiger partial charge in [-0.15, -0.1) is 0 Å². The van der Waals surface area contributed by atoms with Gasteiger partial charge in [-0.1, -0.05) is 12.1 Å². The summed E-state index contributed by atoms with van der Waals surface area (Å²) in [7, 11) is 0. The number of hydrogen-bond acceptors (Lipinski definition) is 3. The number of carbonyl (C=O) groups excluding carboxylic acids is 1. The van der Waals surface area contributed by atoms with Crippen LogP contribution >= 0.6 is 0 Å². The molecule has 0 bridgehead atoms. The molecule has 1 amide bonds. The van der Waals surface area contributed by atoms with E-state index in [1.165, 1.54) is 6.07 Å². The molecule has 132 valence electrons. The third-order valence-corrected chi connectivity index (χ3v) is 5.33. The molecule has 1 aromatic carbocycles. The molecule has 24 heavy (non-hydrogen) atoms. The van der Waals surface area contributed by atoms with Gasteiger partial charge >= 0.3 is 0 Å². The van der Waals surface area contributed by atoms with Crippen molar-refractivity contribution in [3.8, 4) is 0 Å². The lowest BCUT2D eigenvalue weighted by atomic mass is 9.92. The Hall–Kier alpha value is -1.46. The van der Waals surface area contributed by atoms with Crippen LogP contribution in [-0.2, 0) is 4.74 Å². The Labute approximate surface area is 143 Å². The molecule has 4 nitrogen and oxygen atoms in total. The zero-order valence-corrected chi connectivity index (χ0v) is 14.8. The van der Waals surface area contributed by atoms with E-state index in [0.717, 1.165) is 19.5 Å². The number of amides is 1. The van der Waals surface area contributed by atoms with Crippen LogP contribution in [0.4, 0.5) is 4.39 Å². The first-order valence-electron chi connectivity index (χ1n) is 8.87. The van der Waals surface area contributed by atoms with Gasteiger partial charge in [0.2, 0.25) is 0 Å². The third-order valence-electron chi connectivity index (χ3n) is 5.33. The van der Waals surface area contributed by atoms with E-state index in [-0.39, 0.29) is 17.6 Å². The Kier molecular flexibility index (Phi) is 5.21. The molecule has 2 fully saturated rings. The molecular weight excluding hydrogens is 307 g/mol. The molecule has 0 saturated carbocycles. The standard InChI is InChI=1S/C19H27FN2O2/c1-13(2)21-9-10-24-17-12-22(8-7-15(17)11-21)19(23)18-14(3)5-4-6-16(18)20/h4-6,13,15,17H,7-12H2,1-3H3. The number of benzene rings is 1. The van der Waals surface area contributed by atoms with E-state index in [0.29, 0.717) is 37.2 Å². The molecule has 0 N–H and O–H groups in total. The van der Waals surface area contributed by atoms with Gasteiger partial charge < -0.3 is 9.64 Å². The van der Waals surface area contributed by atoms with Crippen LogP contribution in [0.5, 0.6) is 0 Å². The first-order valence-corrected chi connectivity index (χ1v) is 8.87. The average molecular weight is 334 g/mol. The quantitative estimate of drug-likeness (QED) is 0.834. The molecule has 2 unspecified atom stereocenters. The minimum atomic E-state index is -0.435. The number of hydrogen-bond donors (Lipinski definition) is 0. The number of rotatable bonds is 2. The zero-order valence-electron chi connectivity index (χ0n) is 14.8. The van der Waals surface area contributed by atoms with Gasteiger partial charge in [0.1, 0.15) is 5.82 Å². The number of likely N-dealkylation sites (tertiary alicyclic amines) is 1. The average Bonchev–Trinajstić information content (AvgIpc) is 2.76. The minimum Gasteiger partial charge on any atom is -0.375 e. The van der Waals surface area contributed by atoms with E-state index in [2.05, 4.69) is 18.7 Å². The Morgan fingerprint density at radius 2 is 2.08 bits per heavy atom. The van der Waals surface area contributed by atoms with E-state index in [1.807, 2.05) is 0 Å². The molecular formula is C19H27FN2O2. The monoisotopic (exact) mass is 334 g/mol. The summed E-state index contributed by atoms with van der Waals surface area (Å²) < 4.78 is 20.1. The fourth-order valence-electron chi connectivity index (χ4n) is 3.79. The van der Waals surface area contributed by atoms with Crippen LogP contribution < -0.4 is 0 Å². The van der Waals surface area contributed by atoms with Crippen molar-refractivity contribution in [2.75, 3.05) is 32.8 Å². The van der Waals surface area contributed by atoms with Crippen LogP contribution in [0.15, 0.2) is 18.2 Å². The fraction of sp³-hybridized carbons (Fsp3) is 0.632. The predicted molar refractivity (Wildman–Crippen MR) is 91.6 cm³/mol. The number of fused-ring (bicyclic) bond motifs is 1. The summed E-state index contributed by atoms with van der Waals surface area (Å²) in [4.78, 5) is 17.0. The lowest BCUT2D eigenvalue weighted by molar-refractivity contribution is -0.0173. The lowest BCUT2D eigenvalue weighted by Gasteiger charge is -2.38. The molecule has 2 aliphatic rings. The van der Waals surface area contributed by atoms with Crippen LogP contribution in [-0.4, -0.2) is 60.6 Å². The highest BCUT2D eigenvalue weighted by Gasteiger charge is 2.36. The fourth-order valence-corrected chi connectivity index (χ4v) is 3.79. The Morgan fingerprint density at radius 1 is 1.29 bits per heavy atom. The second-order valence-electron chi connectivity index (χ2n) is 7.23. The summed E-state index contributed by atoms with van der Waals surface area (Å²) in [5, 5.41) is 0. The summed E-state index contributed by atoms with van der Waals surface area (Å²) in [5.41, 5.74) is 0.892. The summed E-state index contributed by atoms with van der Waals surface area (Å²) in [5.74, 6) is -0.201. The lowest BCUT2D eigenvalue weighted by Crippen LogP contribution is -2.49. The molecule has 0 radical (unpaired) electrons. The van der Waals surface area contributed by atoms with Crippen molar-refractivity contribution >= 4 is 5.91 Å². The minimum absolute atomic E-state index is 0.0542. The van der Waals surface area contributed by atoms with Crippen LogP contribution in [0.1, 0.15) is 36.2 Å². The molecule has 1 aromatic rings. The van der Waals surface area contributed by atoms with E-state index in [1.54, 1.807) is 24.0 Å². The van der Waals surface area contributed by atoms with Crippen molar-refractivity contribution in [2.45, 2.75) is 39.3 Å². The number of carbonyl (C=O) groups is 1. The Bertz CT molecular complexity index is 585. The number of nitrogens with zero attached hydrogens (tertiary/aromatic N) is 2. The highest BCUT2D eigenvalue weighted by molar-refractivity contribution is 5.96. The zero-order chi connectivity index (χ0) is 17.3. The summed E-state index contributed by atoms with van der Waals surface area (Å²) in [6, 6.07) is 5.29. The van der Waals surface area contributed by atoms with Gasteiger partial charge in [0.25, 0.3) is 5.91 Å². The normalized spacial score (nSPS) is 25.5. The van der Waals surface area contributed by atoms with Gasteiger partial charge in [0.05, 0.1) is 18.3 Å². The van der Waals surface area contributed by atoms with Gasteiger partial charge in [0, 0.05) is 38.1 Å². The van der Waals surface area contributed by atoms with Crippen LogP contribution in [0, 0.1) is 18.7 Å². The topological polar surface area (TPSA) is 32.8 Å². The summed E-state index contributed by atoms with van der Waals surface area (Å²) in [6.45, 7) is 10.1. The van der Waals surface area contributed by atoms with Gasteiger partial charge in [-0.05, 0) is 38.8 Å². The highest BCUT2D eigenvalue weighted by Crippen LogP contribution is 2.27. The highest BCUT2D eigenvalue weighted by atomic mass is 19.1. The van der Waals surface area contributed by atoms with Crippen molar-refractivity contribution in [3.63, 3.8) is 0 Å². The van der Waals surface area contributed by atoms with Gasteiger partial charge in [-0.25, -0.2) is 4.39 Å². The predicted octanol–water partition coefficient (Wildman–Crippen LogP) is 2.71. The Morgan fingerprint density at radius 3 is 2.79 bits per heavy atom. The van der Waals surface area contributed by atoms with Gasteiger partial charge in [0.15, 0.2) is 0 Å². The smallest absolute Gasteiger partial charge is 0.257 e. The van der Waals surface area contributed by atoms with E-state index in [9.17, 15) is 9.18 Å². The maximum absolute atomic E-state index is 14.1. The van der Waals surface area contributed by atoms with Crippen molar-refractivity contribution < 1.29 is 13.9 Å². The number of piperidine rings is 1. The maximum Gasteiger partial charge on any atom is 0.257 e. The first kappa shape index (κ1) is 17.4. The van der Waals surface area contributed by atoms with Crippen molar-refractivity contribution in [1.82, 2.24) is 9.80 Å². The first-order chi connectivity index (χ1) is 11.5. The van der Waals surface area contributed by atoms with E-state index in [4.69, 9.17) is 4.74 Å². The molecule has 2 aliphatic heterocycles. The van der Waals surface area contributed by atoms with Gasteiger partial charge in [-0.3, -0.25) is 9.69 Å². The molecule has 5 heteroatoms. The van der Waals surface area contributed by atoms with Crippen molar-refractivity contribution in [2.24, 2.45) is 5.92 Å². The third kappa shape index (κ3) is 3.47. The van der Waals surface area contributed by atoms with E-state index >= 15 is 0 Å². The van der Waals surface area contributed by atoms with Crippen LogP contribution in [0.3, 0.4) is 0 Å². The second-order valence-corrected chi connectivity index (χ2v) is 7.23. The molecule has 0 spiro atoms.